The maximum absolute atomic E-state index is 6.15. The van der Waals surface area contributed by atoms with E-state index in [1.165, 1.54) is 38.6 Å². The van der Waals surface area contributed by atoms with Crippen molar-refractivity contribution in [1.29, 1.82) is 0 Å². The Kier molecular flexibility index (Phi) is 3.60. The molecule has 2 nitrogen and oxygen atoms in total. The average molecular weight is 224 g/mol. The molecule has 1 atom stereocenters. The molecular weight excluding hydrogens is 196 g/mol. The Morgan fingerprint density at radius 1 is 1.25 bits per heavy atom. The molecule has 0 aliphatic heterocycles. The predicted octanol–water partition coefficient (Wildman–Crippen LogP) is 2.62. The Bertz CT molecular complexity index is 225. The van der Waals surface area contributed by atoms with Gasteiger partial charge in [0.05, 0.1) is 0 Å². The molecule has 0 saturated heterocycles. The van der Waals surface area contributed by atoms with E-state index >= 15 is 0 Å². The fraction of sp³-hybridized carbons (Fsp3) is 1.00. The Labute approximate surface area is 101 Å². The third kappa shape index (κ3) is 2.28. The number of nitrogens with zero attached hydrogens (tertiary/aromatic N) is 1. The minimum absolute atomic E-state index is 0.316. The van der Waals surface area contributed by atoms with Gasteiger partial charge in [-0.25, -0.2) is 0 Å². The zero-order valence-electron chi connectivity index (χ0n) is 11.2. The van der Waals surface area contributed by atoms with Crippen molar-refractivity contribution in [2.45, 2.75) is 64.5 Å². The summed E-state index contributed by atoms with van der Waals surface area (Å²) in [5, 5.41) is 0. The standard InChI is InChI=1S/C14H28N2/c1-4-14(10-15,13-7-8-13)16(11(2)3)9-12-5-6-12/h11-13H,4-10,15H2,1-3H3. The summed E-state index contributed by atoms with van der Waals surface area (Å²) >= 11 is 0. The molecule has 2 aliphatic carbocycles. The highest BCUT2D eigenvalue weighted by molar-refractivity contribution is 5.04. The molecule has 0 spiro atoms. The van der Waals surface area contributed by atoms with Gasteiger partial charge in [0, 0.05) is 24.7 Å². The highest BCUT2D eigenvalue weighted by Crippen LogP contribution is 2.46. The molecule has 0 aromatic heterocycles. The van der Waals surface area contributed by atoms with Crippen LogP contribution in [0.5, 0.6) is 0 Å². The number of hydrogen-bond acceptors (Lipinski definition) is 2. The van der Waals surface area contributed by atoms with Crippen LogP contribution < -0.4 is 5.73 Å². The first-order chi connectivity index (χ1) is 7.64. The van der Waals surface area contributed by atoms with Gasteiger partial charge in [0.15, 0.2) is 0 Å². The maximum Gasteiger partial charge on any atom is 0.0360 e. The van der Waals surface area contributed by atoms with Crippen molar-refractivity contribution < 1.29 is 0 Å². The van der Waals surface area contributed by atoms with E-state index < -0.39 is 0 Å². The van der Waals surface area contributed by atoms with Gasteiger partial charge in [-0.2, -0.15) is 0 Å². The van der Waals surface area contributed by atoms with E-state index in [4.69, 9.17) is 5.73 Å². The van der Waals surface area contributed by atoms with Crippen molar-refractivity contribution in [3.05, 3.63) is 0 Å². The topological polar surface area (TPSA) is 29.3 Å². The third-order valence-corrected chi connectivity index (χ3v) is 4.65. The Balaban J connectivity index is 2.11. The first-order valence-corrected chi connectivity index (χ1v) is 7.11. The molecule has 2 rings (SSSR count). The van der Waals surface area contributed by atoms with Gasteiger partial charge in [0.25, 0.3) is 0 Å². The molecule has 2 N–H and O–H groups in total. The Hall–Kier alpha value is -0.0800. The molecule has 0 bridgehead atoms. The summed E-state index contributed by atoms with van der Waals surface area (Å²) in [4.78, 5) is 2.74. The second kappa shape index (κ2) is 4.66. The van der Waals surface area contributed by atoms with Crippen molar-refractivity contribution in [1.82, 2.24) is 4.90 Å². The summed E-state index contributed by atoms with van der Waals surface area (Å²) in [5.74, 6) is 1.85. The van der Waals surface area contributed by atoms with E-state index in [2.05, 4.69) is 25.7 Å². The lowest BCUT2D eigenvalue weighted by Gasteiger charge is -2.46. The zero-order valence-corrected chi connectivity index (χ0v) is 11.2. The summed E-state index contributed by atoms with van der Waals surface area (Å²) in [6, 6.07) is 0.643. The van der Waals surface area contributed by atoms with Gasteiger partial charge in [-0.05, 0) is 57.8 Å². The molecule has 0 radical (unpaired) electrons. The normalized spacial score (nSPS) is 25.1. The van der Waals surface area contributed by atoms with E-state index in [0.29, 0.717) is 11.6 Å². The van der Waals surface area contributed by atoms with Crippen molar-refractivity contribution in [2.75, 3.05) is 13.1 Å². The van der Waals surface area contributed by atoms with E-state index in [-0.39, 0.29) is 0 Å². The highest BCUT2D eigenvalue weighted by atomic mass is 15.2. The minimum Gasteiger partial charge on any atom is -0.329 e. The number of nitrogens with two attached hydrogens (primary N) is 1. The van der Waals surface area contributed by atoms with Crippen molar-refractivity contribution in [2.24, 2.45) is 17.6 Å². The van der Waals surface area contributed by atoms with Gasteiger partial charge < -0.3 is 5.73 Å². The van der Waals surface area contributed by atoms with Gasteiger partial charge in [-0.1, -0.05) is 6.92 Å². The van der Waals surface area contributed by atoms with Crippen molar-refractivity contribution in [3.63, 3.8) is 0 Å². The second-order valence-electron chi connectivity index (χ2n) is 6.13. The van der Waals surface area contributed by atoms with Crippen LogP contribution >= 0.6 is 0 Å². The molecule has 0 aromatic carbocycles. The van der Waals surface area contributed by atoms with Crippen LogP contribution in [0.2, 0.25) is 0 Å². The molecule has 1 unspecified atom stereocenters. The quantitative estimate of drug-likeness (QED) is 0.720. The van der Waals surface area contributed by atoms with E-state index in [1.807, 2.05) is 0 Å². The molecule has 0 heterocycles. The van der Waals surface area contributed by atoms with Crippen LogP contribution in [0.4, 0.5) is 0 Å². The van der Waals surface area contributed by atoms with Crippen molar-refractivity contribution in [3.8, 4) is 0 Å². The molecule has 16 heavy (non-hydrogen) atoms. The van der Waals surface area contributed by atoms with E-state index in [1.54, 1.807) is 0 Å². The lowest BCUT2D eigenvalue weighted by molar-refractivity contribution is 0.0343. The zero-order chi connectivity index (χ0) is 11.8. The van der Waals surface area contributed by atoms with Crippen LogP contribution in [0.15, 0.2) is 0 Å². The van der Waals surface area contributed by atoms with Crippen LogP contribution in [0.1, 0.15) is 52.9 Å². The SMILES string of the molecule is CCC(CN)(C1CC1)N(CC1CC1)C(C)C. The molecule has 2 aliphatic rings. The summed E-state index contributed by atoms with van der Waals surface area (Å²) in [7, 11) is 0. The second-order valence-corrected chi connectivity index (χ2v) is 6.13. The van der Waals surface area contributed by atoms with Gasteiger partial charge in [-0.3, -0.25) is 4.90 Å². The fourth-order valence-corrected chi connectivity index (χ4v) is 3.26. The monoisotopic (exact) mass is 224 g/mol. The predicted molar refractivity (Wildman–Crippen MR) is 69.4 cm³/mol. The first-order valence-electron chi connectivity index (χ1n) is 7.11. The first kappa shape index (κ1) is 12.4. The number of hydrogen-bond donors (Lipinski definition) is 1. The fourth-order valence-electron chi connectivity index (χ4n) is 3.26. The van der Waals surface area contributed by atoms with Gasteiger partial charge in [-0.15, -0.1) is 0 Å². The smallest absolute Gasteiger partial charge is 0.0360 e. The summed E-state index contributed by atoms with van der Waals surface area (Å²) in [6.07, 6.45) is 6.91. The molecule has 0 aromatic rings. The van der Waals surface area contributed by atoms with Gasteiger partial charge >= 0.3 is 0 Å². The van der Waals surface area contributed by atoms with Gasteiger partial charge in [0.1, 0.15) is 0 Å². The van der Waals surface area contributed by atoms with E-state index in [0.717, 1.165) is 18.4 Å². The van der Waals surface area contributed by atoms with Crippen molar-refractivity contribution >= 4 is 0 Å². The minimum atomic E-state index is 0.316. The molecule has 2 fully saturated rings. The van der Waals surface area contributed by atoms with Gasteiger partial charge in [0.2, 0.25) is 0 Å². The molecule has 94 valence electrons. The maximum atomic E-state index is 6.15. The van der Waals surface area contributed by atoms with E-state index in [9.17, 15) is 0 Å². The Morgan fingerprint density at radius 2 is 1.88 bits per heavy atom. The molecule has 2 heteroatoms. The van der Waals surface area contributed by atoms with Crippen LogP contribution in [-0.2, 0) is 0 Å². The Morgan fingerprint density at radius 3 is 2.19 bits per heavy atom. The van der Waals surface area contributed by atoms with Crippen LogP contribution in [-0.4, -0.2) is 29.6 Å². The summed E-state index contributed by atoms with van der Waals surface area (Å²) < 4.78 is 0. The largest absolute Gasteiger partial charge is 0.329 e. The molecule has 0 amide bonds. The summed E-state index contributed by atoms with van der Waals surface area (Å²) in [5.41, 5.74) is 6.47. The van der Waals surface area contributed by atoms with Crippen LogP contribution in [0.3, 0.4) is 0 Å². The average Bonchev–Trinajstić information content (AvgIpc) is 3.12. The lowest BCUT2D eigenvalue weighted by Crippen LogP contribution is -2.58. The third-order valence-electron chi connectivity index (χ3n) is 4.65. The highest BCUT2D eigenvalue weighted by Gasteiger charge is 2.48. The summed E-state index contributed by atoms with van der Waals surface area (Å²) in [6.45, 7) is 9.14. The molecular formula is C14H28N2. The molecule has 2 saturated carbocycles. The lowest BCUT2D eigenvalue weighted by atomic mass is 9.86. The van der Waals surface area contributed by atoms with Crippen LogP contribution in [0, 0.1) is 11.8 Å². The van der Waals surface area contributed by atoms with Crippen LogP contribution in [0.25, 0.3) is 0 Å². The number of rotatable bonds is 7.